The molecule has 158 valence electrons. The monoisotopic (exact) mass is 430 g/mol. The highest BCUT2D eigenvalue weighted by Gasteiger charge is 2.20. The van der Waals surface area contributed by atoms with Crippen LogP contribution in [0.25, 0.3) is 21.5 Å². The largest absolute Gasteiger partial charge is 0.457 e. The standard InChI is InChI=1S/C25H26N4OS/c1-17(18-5-3-2-4-6-18)28-25-29-22-8-7-20(16-24(22)31-25)30-21-11-14-27-23(15-21)19-9-12-26-13-10-19/h7-18H,2-6H2,1H3,(H,28,29)/t17-/m0/s1. The Balaban J connectivity index is 1.31. The fourth-order valence-corrected chi connectivity index (χ4v) is 5.26. The first-order valence-electron chi connectivity index (χ1n) is 11.0. The number of fused-ring (bicyclic) bond motifs is 1. The number of rotatable bonds is 6. The summed E-state index contributed by atoms with van der Waals surface area (Å²) in [5, 5.41) is 4.64. The molecule has 0 radical (unpaired) electrons. The average molecular weight is 431 g/mol. The van der Waals surface area contributed by atoms with Crippen LogP contribution >= 0.6 is 11.3 Å². The normalized spacial score (nSPS) is 15.6. The average Bonchev–Trinajstić information content (AvgIpc) is 3.22. The predicted octanol–water partition coefficient (Wildman–Crippen LogP) is 6.93. The van der Waals surface area contributed by atoms with Gasteiger partial charge >= 0.3 is 0 Å². The van der Waals surface area contributed by atoms with E-state index < -0.39 is 0 Å². The number of thiazole rings is 1. The molecule has 1 aliphatic carbocycles. The zero-order valence-corrected chi connectivity index (χ0v) is 18.4. The molecule has 5 nitrogen and oxygen atoms in total. The Morgan fingerprint density at radius 2 is 1.77 bits per heavy atom. The summed E-state index contributed by atoms with van der Waals surface area (Å²) in [5.41, 5.74) is 2.88. The van der Waals surface area contributed by atoms with E-state index in [9.17, 15) is 0 Å². The smallest absolute Gasteiger partial charge is 0.184 e. The van der Waals surface area contributed by atoms with Crippen LogP contribution in [-0.4, -0.2) is 21.0 Å². The lowest BCUT2D eigenvalue weighted by atomic mass is 9.85. The van der Waals surface area contributed by atoms with Gasteiger partial charge in [-0.25, -0.2) is 4.98 Å². The minimum Gasteiger partial charge on any atom is -0.457 e. The molecule has 3 aromatic heterocycles. The summed E-state index contributed by atoms with van der Waals surface area (Å²) < 4.78 is 7.26. The van der Waals surface area contributed by atoms with Crippen molar-refractivity contribution in [1.82, 2.24) is 15.0 Å². The molecule has 3 heterocycles. The third-order valence-corrected chi connectivity index (χ3v) is 6.96. The number of ether oxygens (including phenoxy) is 1. The van der Waals surface area contributed by atoms with Crippen molar-refractivity contribution in [3.8, 4) is 22.8 Å². The van der Waals surface area contributed by atoms with Crippen LogP contribution in [0, 0.1) is 5.92 Å². The van der Waals surface area contributed by atoms with E-state index in [4.69, 9.17) is 9.72 Å². The first-order valence-corrected chi connectivity index (χ1v) is 11.8. The van der Waals surface area contributed by atoms with Gasteiger partial charge in [-0.1, -0.05) is 30.6 Å². The fourth-order valence-electron chi connectivity index (χ4n) is 4.27. The number of hydrogen-bond acceptors (Lipinski definition) is 6. The van der Waals surface area contributed by atoms with Gasteiger partial charge in [0.2, 0.25) is 0 Å². The van der Waals surface area contributed by atoms with Gasteiger partial charge in [0, 0.05) is 42.3 Å². The Morgan fingerprint density at radius 1 is 0.968 bits per heavy atom. The molecule has 1 aromatic carbocycles. The van der Waals surface area contributed by atoms with Crippen molar-refractivity contribution in [3.63, 3.8) is 0 Å². The predicted molar refractivity (Wildman–Crippen MR) is 127 cm³/mol. The molecular weight excluding hydrogens is 404 g/mol. The lowest BCUT2D eigenvalue weighted by Gasteiger charge is -2.28. The van der Waals surface area contributed by atoms with Crippen LogP contribution in [0.15, 0.2) is 61.1 Å². The lowest BCUT2D eigenvalue weighted by Crippen LogP contribution is -2.27. The summed E-state index contributed by atoms with van der Waals surface area (Å²) in [5.74, 6) is 2.31. The number of hydrogen-bond donors (Lipinski definition) is 1. The second-order valence-corrected chi connectivity index (χ2v) is 9.23. The molecule has 0 spiro atoms. The SMILES string of the molecule is C[C@H](Nc1nc2ccc(Oc3ccnc(-c4ccncc4)c3)cc2s1)C1CCCCC1. The molecular formula is C25H26N4OS. The third kappa shape index (κ3) is 4.69. The molecule has 1 fully saturated rings. The van der Waals surface area contributed by atoms with Crippen molar-refractivity contribution in [1.29, 1.82) is 0 Å². The van der Waals surface area contributed by atoms with Gasteiger partial charge in [0.15, 0.2) is 5.13 Å². The first kappa shape index (κ1) is 19.9. The minimum absolute atomic E-state index is 0.458. The van der Waals surface area contributed by atoms with Crippen molar-refractivity contribution in [2.24, 2.45) is 5.92 Å². The van der Waals surface area contributed by atoms with Crippen molar-refractivity contribution >= 4 is 26.7 Å². The Kier molecular flexibility index (Phi) is 5.80. The van der Waals surface area contributed by atoms with Crippen LogP contribution in [0.5, 0.6) is 11.5 Å². The summed E-state index contributed by atoms with van der Waals surface area (Å²) in [6.45, 7) is 2.29. The third-order valence-electron chi connectivity index (χ3n) is 6.01. The highest BCUT2D eigenvalue weighted by molar-refractivity contribution is 7.22. The van der Waals surface area contributed by atoms with Crippen LogP contribution in [-0.2, 0) is 0 Å². The molecule has 0 saturated heterocycles. The first-order chi connectivity index (χ1) is 15.2. The van der Waals surface area contributed by atoms with Gasteiger partial charge in [0.05, 0.1) is 15.9 Å². The molecule has 0 bridgehead atoms. The van der Waals surface area contributed by atoms with Crippen LogP contribution in [0.4, 0.5) is 5.13 Å². The molecule has 31 heavy (non-hydrogen) atoms. The summed E-state index contributed by atoms with van der Waals surface area (Å²) in [4.78, 5) is 13.3. The van der Waals surface area contributed by atoms with Gasteiger partial charge in [0.1, 0.15) is 11.5 Å². The molecule has 1 saturated carbocycles. The van der Waals surface area contributed by atoms with Crippen LogP contribution in [0.3, 0.4) is 0 Å². The molecule has 6 heteroatoms. The Labute approximate surface area is 186 Å². The highest BCUT2D eigenvalue weighted by Crippen LogP contribution is 2.34. The number of nitrogens with one attached hydrogen (secondary N) is 1. The van der Waals surface area contributed by atoms with E-state index in [-0.39, 0.29) is 0 Å². The highest BCUT2D eigenvalue weighted by atomic mass is 32.1. The quantitative estimate of drug-likeness (QED) is 0.359. The van der Waals surface area contributed by atoms with Crippen LogP contribution in [0.1, 0.15) is 39.0 Å². The molecule has 0 unspecified atom stereocenters. The second kappa shape index (κ2) is 9.02. The number of benzene rings is 1. The summed E-state index contributed by atoms with van der Waals surface area (Å²) in [6, 6.07) is 14.2. The van der Waals surface area contributed by atoms with E-state index in [0.717, 1.165) is 44.0 Å². The maximum Gasteiger partial charge on any atom is 0.184 e. The van der Waals surface area contributed by atoms with E-state index in [0.29, 0.717) is 6.04 Å². The van der Waals surface area contributed by atoms with Gasteiger partial charge < -0.3 is 10.1 Å². The zero-order chi connectivity index (χ0) is 21.0. The van der Waals surface area contributed by atoms with Crippen LogP contribution in [0.2, 0.25) is 0 Å². The van der Waals surface area contributed by atoms with Gasteiger partial charge in [-0.2, -0.15) is 0 Å². The van der Waals surface area contributed by atoms with Gasteiger partial charge in [-0.05, 0) is 56.0 Å². The summed E-state index contributed by atoms with van der Waals surface area (Å²) in [6.07, 6.45) is 12.0. The van der Waals surface area contributed by atoms with E-state index in [1.807, 2.05) is 36.4 Å². The second-order valence-electron chi connectivity index (χ2n) is 8.19. The van der Waals surface area contributed by atoms with Gasteiger partial charge in [-0.15, -0.1) is 0 Å². The lowest BCUT2D eigenvalue weighted by molar-refractivity contribution is 0.328. The number of nitrogens with zero attached hydrogens (tertiary/aromatic N) is 3. The molecule has 1 atom stereocenters. The maximum atomic E-state index is 6.14. The molecule has 4 aromatic rings. The van der Waals surface area contributed by atoms with E-state index in [1.54, 1.807) is 29.9 Å². The van der Waals surface area contributed by atoms with Crippen molar-refractivity contribution in [2.75, 3.05) is 5.32 Å². The van der Waals surface area contributed by atoms with E-state index in [2.05, 4.69) is 28.3 Å². The number of anilines is 1. The van der Waals surface area contributed by atoms with E-state index >= 15 is 0 Å². The molecule has 0 amide bonds. The maximum absolute atomic E-state index is 6.14. The van der Waals surface area contributed by atoms with Gasteiger partial charge in [0.25, 0.3) is 0 Å². The summed E-state index contributed by atoms with van der Waals surface area (Å²) >= 11 is 1.69. The fraction of sp³-hybridized carbons (Fsp3) is 0.320. The Morgan fingerprint density at radius 3 is 2.61 bits per heavy atom. The molecule has 1 N–H and O–H groups in total. The minimum atomic E-state index is 0.458. The number of pyridine rings is 2. The van der Waals surface area contributed by atoms with E-state index in [1.165, 1.54) is 32.1 Å². The van der Waals surface area contributed by atoms with Gasteiger partial charge in [-0.3, -0.25) is 9.97 Å². The topological polar surface area (TPSA) is 59.9 Å². The van der Waals surface area contributed by atoms with Crippen LogP contribution < -0.4 is 10.1 Å². The van der Waals surface area contributed by atoms with Crippen molar-refractivity contribution < 1.29 is 4.74 Å². The molecule has 5 rings (SSSR count). The molecule has 1 aliphatic rings. The van der Waals surface area contributed by atoms with Crippen molar-refractivity contribution in [3.05, 3.63) is 61.1 Å². The Hall–Kier alpha value is -2.99. The molecule has 0 aliphatic heterocycles. The Bertz CT molecular complexity index is 1150. The zero-order valence-electron chi connectivity index (χ0n) is 17.6. The summed E-state index contributed by atoms with van der Waals surface area (Å²) in [7, 11) is 0. The van der Waals surface area contributed by atoms with Crippen molar-refractivity contribution in [2.45, 2.75) is 45.1 Å². The number of aromatic nitrogens is 3.